The molecular formula is C27H21BrN2O4S. The highest BCUT2D eigenvalue weighted by Gasteiger charge is 2.23. The van der Waals surface area contributed by atoms with Crippen molar-refractivity contribution in [1.29, 1.82) is 0 Å². The van der Waals surface area contributed by atoms with E-state index in [9.17, 15) is 9.59 Å². The molecule has 0 fully saturated rings. The standard InChI is InChI=1S/C27H21BrN2O4S/c1-3-33-26(32)24-20(19-14-17(28)12-13-23(19)34-24)15-35-27-29-21-10-6-5-9-18(21)25(31)30(27)22-11-7-4-8-16(22)2/h4-14H,3,15H2,1-2H3. The number of para-hydroxylation sites is 2. The van der Waals surface area contributed by atoms with Gasteiger partial charge in [0.15, 0.2) is 5.16 Å². The Morgan fingerprint density at radius 1 is 1.09 bits per heavy atom. The van der Waals surface area contributed by atoms with E-state index in [1.807, 2.05) is 67.6 Å². The van der Waals surface area contributed by atoms with Crippen molar-refractivity contribution in [3.8, 4) is 5.69 Å². The number of carbonyl (C=O) groups excluding carboxylic acids is 1. The molecular weight excluding hydrogens is 528 g/mol. The van der Waals surface area contributed by atoms with Crippen LogP contribution in [0.15, 0.2) is 85.6 Å². The van der Waals surface area contributed by atoms with Gasteiger partial charge in [-0.2, -0.15) is 0 Å². The summed E-state index contributed by atoms with van der Waals surface area (Å²) in [4.78, 5) is 31.1. The average molecular weight is 549 g/mol. The lowest BCUT2D eigenvalue weighted by Crippen LogP contribution is -2.22. The van der Waals surface area contributed by atoms with Crippen LogP contribution < -0.4 is 5.56 Å². The number of aromatic nitrogens is 2. The molecule has 0 aliphatic heterocycles. The number of halogens is 1. The zero-order valence-corrected chi connectivity index (χ0v) is 21.5. The fraction of sp³-hybridized carbons (Fsp3) is 0.148. The maximum Gasteiger partial charge on any atom is 0.374 e. The maximum absolute atomic E-state index is 13.6. The van der Waals surface area contributed by atoms with Crippen LogP contribution in [0.25, 0.3) is 27.6 Å². The zero-order chi connectivity index (χ0) is 24.5. The van der Waals surface area contributed by atoms with E-state index in [2.05, 4.69) is 15.9 Å². The molecule has 5 rings (SSSR count). The van der Waals surface area contributed by atoms with Crippen molar-refractivity contribution in [1.82, 2.24) is 9.55 Å². The second-order valence-corrected chi connectivity index (χ2v) is 9.76. The molecule has 0 spiro atoms. The molecule has 0 N–H and O–H groups in total. The third-order valence-electron chi connectivity index (χ3n) is 5.66. The minimum absolute atomic E-state index is 0.141. The van der Waals surface area contributed by atoms with Gasteiger partial charge in [-0.1, -0.05) is 58.0 Å². The third-order valence-corrected chi connectivity index (χ3v) is 7.12. The van der Waals surface area contributed by atoms with Crippen LogP contribution in [0.2, 0.25) is 0 Å². The first-order valence-corrected chi connectivity index (χ1v) is 12.8. The minimum Gasteiger partial charge on any atom is -0.460 e. The Morgan fingerprint density at radius 2 is 1.86 bits per heavy atom. The van der Waals surface area contributed by atoms with Gasteiger partial charge in [-0.25, -0.2) is 9.78 Å². The lowest BCUT2D eigenvalue weighted by atomic mass is 10.1. The molecule has 35 heavy (non-hydrogen) atoms. The number of fused-ring (bicyclic) bond motifs is 2. The van der Waals surface area contributed by atoms with E-state index >= 15 is 0 Å². The summed E-state index contributed by atoms with van der Waals surface area (Å²) >= 11 is 4.88. The highest BCUT2D eigenvalue weighted by Crippen LogP contribution is 2.34. The molecule has 0 bridgehead atoms. The Hall–Kier alpha value is -3.36. The summed E-state index contributed by atoms with van der Waals surface area (Å²) < 4.78 is 13.6. The number of carbonyl (C=O) groups is 1. The largest absolute Gasteiger partial charge is 0.460 e. The number of esters is 1. The summed E-state index contributed by atoms with van der Waals surface area (Å²) in [7, 11) is 0. The van der Waals surface area contributed by atoms with Crippen molar-refractivity contribution in [3.63, 3.8) is 0 Å². The van der Waals surface area contributed by atoms with Gasteiger partial charge in [-0.3, -0.25) is 9.36 Å². The van der Waals surface area contributed by atoms with E-state index in [0.717, 1.165) is 21.1 Å². The number of nitrogens with zero attached hydrogens (tertiary/aromatic N) is 2. The summed E-state index contributed by atoms with van der Waals surface area (Å²) in [6, 6.07) is 20.6. The van der Waals surface area contributed by atoms with Crippen molar-refractivity contribution in [2.75, 3.05) is 6.61 Å². The van der Waals surface area contributed by atoms with Gasteiger partial charge in [0.25, 0.3) is 5.56 Å². The van der Waals surface area contributed by atoms with Crippen molar-refractivity contribution in [3.05, 3.63) is 98.4 Å². The number of ether oxygens (including phenoxy) is 1. The van der Waals surface area contributed by atoms with Gasteiger partial charge >= 0.3 is 5.97 Å². The Morgan fingerprint density at radius 3 is 2.66 bits per heavy atom. The molecule has 0 unspecified atom stereocenters. The highest BCUT2D eigenvalue weighted by atomic mass is 79.9. The lowest BCUT2D eigenvalue weighted by molar-refractivity contribution is 0.0491. The summed E-state index contributed by atoms with van der Waals surface area (Å²) in [5.74, 6) is 0.00469. The molecule has 0 saturated heterocycles. The molecule has 0 radical (unpaired) electrons. The van der Waals surface area contributed by atoms with Gasteiger partial charge in [-0.15, -0.1) is 0 Å². The van der Waals surface area contributed by atoms with Crippen molar-refractivity contribution >= 4 is 55.5 Å². The number of benzene rings is 3. The monoisotopic (exact) mass is 548 g/mol. The fourth-order valence-corrected chi connectivity index (χ4v) is 5.39. The number of furan rings is 1. The van der Waals surface area contributed by atoms with Crippen LogP contribution in [0, 0.1) is 6.92 Å². The number of rotatable bonds is 6. The molecule has 0 amide bonds. The smallest absolute Gasteiger partial charge is 0.374 e. The first kappa shape index (κ1) is 23.4. The Bertz CT molecular complexity index is 1640. The summed E-state index contributed by atoms with van der Waals surface area (Å²) in [5, 5.41) is 1.88. The quantitative estimate of drug-likeness (QED) is 0.134. The first-order valence-electron chi connectivity index (χ1n) is 11.1. The predicted molar refractivity (Wildman–Crippen MR) is 142 cm³/mol. The van der Waals surface area contributed by atoms with E-state index in [1.54, 1.807) is 17.6 Å². The van der Waals surface area contributed by atoms with E-state index in [1.165, 1.54) is 11.8 Å². The molecule has 0 aliphatic rings. The van der Waals surface area contributed by atoms with Crippen LogP contribution in [0.3, 0.4) is 0 Å². The van der Waals surface area contributed by atoms with E-state index < -0.39 is 5.97 Å². The molecule has 0 atom stereocenters. The number of thioether (sulfide) groups is 1. The Labute approximate surface area is 214 Å². The van der Waals surface area contributed by atoms with Crippen LogP contribution in [0.1, 0.15) is 28.6 Å². The van der Waals surface area contributed by atoms with Crippen LogP contribution in [0.4, 0.5) is 0 Å². The molecule has 8 heteroatoms. The lowest BCUT2D eigenvalue weighted by Gasteiger charge is -2.15. The van der Waals surface area contributed by atoms with Crippen LogP contribution in [0.5, 0.6) is 0 Å². The minimum atomic E-state index is -0.516. The topological polar surface area (TPSA) is 74.3 Å². The zero-order valence-electron chi connectivity index (χ0n) is 19.1. The molecule has 0 saturated carbocycles. The average Bonchev–Trinajstić information content (AvgIpc) is 3.21. The van der Waals surface area contributed by atoms with Gasteiger partial charge in [0.05, 0.1) is 23.2 Å². The number of hydrogen-bond donors (Lipinski definition) is 0. The molecule has 5 aromatic rings. The van der Waals surface area contributed by atoms with Gasteiger partial charge < -0.3 is 9.15 Å². The third kappa shape index (κ3) is 4.39. The summed E-state index contributed by atoms with van der Waals surface area (Å²) in [6.45, 7) is 3.96. The fourth-order valence-electron chi connectivity index (χ4n) is 4.00. The van der Waals surface area contributed by atoms with E-state index in [0.29, 0.717) is 33.0 Å². The maximum atomic E-state index is 13.6. The van der Waals surface area contributed by atoms with Crippen LogP contribution in [-0.4, -0.2) is 22.1 Å². The summed E-state index contributed by atoms with van der Waals surface area (Å²) in [6.07, 6.45) is 0. The second kappa shape index (κ2) is 9.71. The van der Waals surface area contributed by atoms with E-state index in [4.69, 9.17) is 14.1 Å². The molecule has 176 valence electrons. The highest BCUT2D eigenvalue weighted by molar-refractivity contribution is 9.10. The van der Waals surface area contributed by atoms with E-state index in [-0.39, 0.29) is 17.9 Å². The molecule has 6 nitrogen and oxygen atoms in total. The van der Waals surface area contributed by atoms with Crippen molar-refractivity contribution in [2.24, 2.45) is 0 Å². The van der Waals surface area contributed by atoms with Gasteiger partial charge in [-0.05, 0) is 55.8 Å². The Kier molecular flexibility index (Phi) is 6.49. The molecule has 3 aromatic carbocycles. The SMILES string of the molecule is CCOC(=O)c1oc2ccc(Br)cc2c1CSc1nc2ccccc2c(=O)n1-c1ccccc1C. The molecule has 2 aromatic heterocycles. The molecule has 2 heterocycles. The van der Waals surface area contributed by atoms with Gasteiger partial charge in [0, 0.05) is 21.2 Å². The summed E-state index contributed by atoms with van der Waals surface area (Å²) in [5.41, 5.74) is 3.49. The second-order valence-electron chi connectivity index (χ2n) is 7.90. The normalized spacial score (nSPS) is 11.3. The van der Waals surface area contributed by atoms with Crippen molar-refractivity contribution in [2.45, 2.75) is 24.8 Å². The van der Waals surface area contributed by atoms with Crippen LogP contribution >= 0.6 is 27.7 Å². The molecule has 0 aliphatic carbocycles. The van der Waals surface area contributed by atoms with Gasteiger partial charge in [0.2, 0.25) is 5.76 Å². The first-order chi connectivity index (χ1) is 17.0. The van der Waals surface area contributed by atoms with Gasteiger partial charge in [0.1, 0.15) is 5.58 Å². The number of hydrogen-bond acceptors (Lipinski definition) is 6. The predicted octanol–water partition coefficient (Wildman–Crippen LogP) is 6.67. The Balaban J connectivity index is 1.66. The van der Waals surface area contributed by atoms with Crippen LogP contribution in [-0.2, 0) is 10.5 Å². The van der Waals surface area contributed by atoms with Crippen molar-refractivity contribution < 1.29 is 13.9 Å². The number of aryl methyl sites for hydroxylation is 1.